The Morgan fingerprint density at radius 2 is 1.78 bits per heavy atom. The predicted octanol–water partition coefficient (Wildman–Crippen LogP) is 1.62. The van der Waals surface area contributed by atoms with Gasteiger partial charge in [-0.1, -0.05) is 13.8 Å². The summed E-state index contributed by atoms with van der Waals surface area (Å²) >= 11 is 0. The number of nitrogens with two attached hydrogens (primary N) is 1. The van der Waals surface area contributed by atoms with Gasteiger partial charge in [-0.2, -0.15) is 0 Å². The molecule has 0 saturated carbocycles. The molecule has 0 bridgehead atoms. The maximum atomic E-state index is 11.6. The molecule has 1 atom stereocenters. The predicted molar refractivity (Wildman–Crippen MR) is 33.4 cm³/mol. The van der Waals surface area contributed by atoms with E-state index in [-0.39, 0.29) is 18.4 Å². The van der Waals surface area contributed by atoms with Crippen molar-refractivity contribution in [2.45, 2.75) is 32.7 Å². The van der Waals surface area contributed by atoms with Crippen molar-refractivity contribution in [1.29, 1.82) is 0 Å². The zero-order chi connectivity index (χ0) is 7.44. The molecular weight excluding hydrogens is 124 g/mol. The van der Waals surface area contributed by atoms with Gasteiger partial charge in [-0.15, -0.1) is 0 Å². The van der Waals surface area contributed by atoms with E-state index in [4.69, 9.17) is 5.73 Å². The molecule has 0 radical (unpaired) electrons. The molecule has 1 nitrogen and oxygen atoms in total. The van der Waals surface area contributed by atoms with Crippen LogP contribution in [0.2, 0.25) is 0 Å². The largest absolute Gasteiger partial charge is 0.327 e. The van der Waals surface area contributed by atoms with Crippen LogP contribution in [-0.4, -0.2) is 12.5 Å². The number of hydrogen-bond donors (Lipinski definition) is 1. The number of halogens is 2. The monoisotopic (exact) mass is 137 g/mol. The Kier molecular flexibility index (Phi) is 3.70. The van der Waals surface area contributed by atoms with E-state index in [9.17, 15) is 8.78 Å². The van der Waals surface area contributed by atoms with Gasteiger partial charge in [-0.25, -0.2) is 8.78 Å². The molecule has 0 rings (SSSR count). The van der Waals surface area contributed by atoms with Gasteiger partial charge in [0.25, 0.3) is 0 Å². The Labute approximate surface area is 54.2 Å². The van der Waals surface area contributed by atoms with Crippen molar-refractivity contribution < 1.29 is 8.78 Å². The van der Waals surface area contributed by atoms with Gasteiger partial charge in [0.15, 0.2) is 0 Å². The topological polar surface area (TPSA) is 26.0 Å². The van der Waals surface area contributed by atoms with E-state index in [2.05, 4.69) is 0 Å². The smallest absolute Gasteiger partial charge is 0.240 e. The SMILES string of the molecule is CC(C)C(N)CC(F)F. The molecule has 0 amide bonds. The molecule has 0 aromatic rings. The summed E-state index contributed by atoms with van der Waals surface area (Å²) in [5.41, 5.74) is 5.34. The highest BCUT2D eigenvalue weighted by molar-refractivity contribution is 4.65. The maximum absolute atomic E-state index is 11.6. The highest BCUT2D eigenvalue weighted by Gasteiger charge is 2.13. The molecule has 0 aromatic carbocycles. The van der Waals surface area contributed by atoms with Gasteiger partial charge < -0.3 is 5.73 Å². The maximum Gasteiger partial charge on any atom is 0.240 e. The first-order chi connectivity index (χ1) is 4.04. The molecule has 0 saturated heterocycles. The van der Waals surface area contributed by atoms with E-state index in [0.29, 0.717) is 0 Å². The van der Waals surface area contributed by atoms with Crippen LogP contribution in [0, 0.1) is 5.92 Å². The lowest BCUT2D eigenvalue weighted by Crippen LogP contribution is -2.28. The van der Waals surface area contributed by atoms with Gasteiger partial charge >= 0.3 is 0 Å². The van der Waals surface area contributed by atoms with Crippen LogP contribution in [0.25, 0.3) is 0 Å². The van der Waals surface area contributed by atoms with E-state index in [0.717, 1.165) is 0 Å². The fourth-order valence-corrected chi connectivity index (χ4v) is 0.478. The van der Waals surface area contributed by atoms with E-state index >= 15 is 0 Å². The van der Waals surface area contributed by atoms with Crippen molar-refractivity contribution >= 4 is 0 Å². The molecule has 2 N–H and O–H groups in total. The van der Waals surface area contributed by atoms with Crippen molar-refractivity contribution in [3.05, 3.63) is 0 Å². The van der Waals surface area contributed by atoms with Crippen LogP contribution in [0.15, 0.2) is 0 Å². The third kappa shape index (κ3) is 4.33. The quantitative estimate of drug-likeness (QED) is 0.628. The first kappa shape index (κ1) is 8.82. The lowest BCUT2D eigenvalue weighted by molar-refractivity contribution is 0.121. The Hall–Kier alpha value is -0.180. The van der Waals surface area contributed by atoms with Gasteiger partial charge in [-0.05, 0) is 5.92 Å². The van der Waals surface area contributed by atoms with Gasteiger partial charge in [0.05, 0.1) is 0 Å². The summed E-state index contributed by atoms with van der Waals surface area (Å²) in [6, 6.07) is -0.356. The molecule has 9 heavy (non-hydrogen) atoms. The second kappa shape index (κ2) is 3.77. The third-order valence-corrected chi connectivity index (χ3v) is 1.31. The highest BCUT2D eigenvalue weighted by atomic mass is 19.3. The van der Waals surface area contributed by atoms with Gasteiger partial charge in [0.1, 0.15) is 0 Å². The summed E-state index contributed by atoms with van der Waals surface area (Å²) in [5.74, 6) is 0.152. The summed E-state index contributed by atoms with van der Waals surface area (Å²) in [7, 11) is 0. The van der Waals surface area contributed by atoms with E-state index < -0.39 is 6.43 Å². The number of rotatable bonds is 3. The minimum atomic E-state index is -2.26. The Balaban J connectivity index is 3.38. The third-order valence-electron chi connectivity index (χ3n) is 1.31. The molecule has 1 unspecified atom stereocenters. The summed E-state index contributed by atoms with van der Waals surface area (Å²) < 4.78 is 23.1. The van der Waals surface area contributed by atoms with Crippen molar-refractivity contribution in [3.63, 3.8) is 0 Å². The fraction of sp³-hybridized carbons (Fsp3) is 1.00. The van der Waals surface area contributed by atoms with Crippen LogP contribution >= 0.6 is 0 Å². The summed E-state index contributed by atoms with van der Waals surface area (Å²) in [6.07, 6.45) is -2.44. The first-order valence-corrected chi connectivity index (χ1v) is 3.07. The van der Waals surface area contributed by atoms with Crippen LogP contribution in [0.4, 0.5) is 8.78 Å². The minimum Gasteiger partial charge on any atom is -0.327 e. The van der Waals surface area contributed by atoms with Crippen molar-refractivity contribution in [1.82, 2.24) is 0 Å². The van der Waals surface area contributed by atoms with Gasteiger partial charge in [-0.3, -0.25) is 0 Å². The van der Waals surface area contributed by atoms with Crippen LogP contribution in [0.5, 0.6) is 0 Å². The summed E-state index contributed by atoms with van der Waals surface area (Å²) in [4.78, 5) is 0. The summed E-state index contributed by atoms with van der Waals surface area (Å²) in [5, 5.41) is 0. The van der Waals surface area contributed by atoms with Crippen LogP contribution in [0.3, 0.4) is 0 Å². The zero-order valence-electron chi connectivity index (χ0n) is 5.77. The van der Waals surface area contributed by atoms with Gasteiger partial charge in [0.2, 0.25) is 6.43 Å². The lowest BCUT2D eigenvalue weighted by Gasteiger charge is -2.13. The molecule has 0 fully saturated rings. The average molecular weight is 137 g/mol. The second-order valence-electron chi connectivity index (χ2n) is 2.53. The summed E-state index contributed by atoms with van der Waals surface area (Å²) in [6.45, 7) is 3.68. The Morgan fingerprint density at radius 1 is 1.33 bits per heavy atom. The first-order valence-electron chi connectivity index (χ1n) is 3.07. The fourth-order valence-electron chi connectivity index (χ4n) is 0.478. The Bertz CT molecular complexity index is 73.5. The standard InChI is InChI=1S/C6H13F2N/c1-4(2)5(9)3-6(7)8/h4-6H,3,9H2,1-2H3. The molecule has 0 spiro atoms. The molecule has 0 heterocycles. The van der Waals surface area contributed by atoms with E-state index in [1.54, 1.807) is 0 Å². The Morgan fingerprint density at radius 3 is 1.89 bits per heavy atom. The van der Waals surface area contributed by atoms with Crippen molar-refractivity contribution in [2.24, 2.45) is 11.7 Å². The van der Waals surface area contributed by atoms with Crippen molar-refractivity contribution in [2.75, 3.05) is 0 Å². The molecular formula is C6H13F2N. The lowest BCUT2D eigenvalue weighted by atomic mass is 10.0. The highest BCUT2D eigenvalue weighted by Crippen LogP contribution is 2.08. The molecule has 0 aliphatic heterocycles. The normalized spacial score (nSPS) is 15.0. The van der Waals surface area contributed by atoms with Crippen LogP contribution < -0.4 is 5.73 Å². The van der Waals surface area contributed by atoms with Crippen molar-refractivity contribution in [3.8, 4) is 0 Å². The van der Waals surface area contributed by atoms with Gasteiger partial charge in [0, 0.05) is 12.5 Å². The number of hydrogen-bond acceptors (Lipinski definition) is 1. The van der Waals surface area contributed by atoms with Crippen LogP contribution in [0.1, 0.15) is 20.3 Å². The van der Waals surface area contributed by atoms with E-state index in [1.807, 2.05) is 13.8 Å². The second-order valence-corrected chi connectivity index (χ2v) is 2.53. The number of alkyl halides is 2. The van der Waals surface area contributed by atoms with E-state index in [1.165, 1.54) is 0 Å². The zero-order valence-corrected chi connectivity index (χ0v) is 5.77. The average Bonchev–Trinajstić information content (AvgIpc) is 1.63. The molecule has 0 aliphatic carbocycles. The molecule has 0 aliphatic rings. The molecule has 3 heteroatoms. The molecule has 0 aromatic heterocycles. The van der Waals surface area contributed by atoms with Crippen LogP contribution in [-0.2, 0) is 0 Å². The minimum absolute atomic E-state index is 0.152. The molecule has 56 valence electrons.